The molecule has 0 spiro atoms. The van der Waals surface area contributed by atoms with Crippen molar-refractivity contribution in [2.45, 2.75) is 20.3 Å². The highest BCUT2D eigenvalue weighted by Crippen LogP contribution is 2.26. The second-order valence-corrected chi connectivity index (χ2v) is 5.66. The average Bonchev–Trinajstić information content (AvgIpc) is 2.67. The van der Waals surface area contributed by atoms with Gasteiger partial charge >= 0.3 is 0 Å². The molecule has 92 valence electrons. The fourth-order valence-electron chi connectivity index (χ4n) is 1.86. The molecule has 0 unspecified atom stereocenters. The number of thiophene rings is 1. The average molecular weight is 251 g/mol. The monoisotopic (exact) mass is 251 g/mol. The summed E-state index contributed by atoms with van der Waals surface area (Å²) in [7, 11) is 0. The highest BCUT2D eigenvalue weighted by molar-refractivity contribution is 7.17. The molecule has 1 aromatic heterocycles. The van der Waals surface area contributed by atoms with Crippen molar-refractivity contribution >= 4 is 21.4 Å². The van der Waals surface area contributed by atoms with Gasteiger partial charge in [0, 0.05) is 4.70 Å². The molecule has 1 heterocycles. The molecule has 1 aromatic carbocycles. The summed E-state index contributed by atoms with van der Waals surface area (Å²) in [6, 6.07) is 5.03. The Balaban J connectivity index is 2.01. The number of hydrogen-bond acceptors (Lipinski definition) is 2. The van der Waals surface area contributed by atoms with Crippen LogP contribution < -0.4 is 5.32 Å². The fraction of sp³-hybridized carbons (Fsp3) is 0.429. The maximum Gasteiger partial charge on any atom is 0.123 e. The maximum absolute atomic E-state index is 13.2. The maximum atomic E-state index is 13.2. The van der Waals surface area contributed by atoms with Crippen LogP contribution in [-0.2, 0) is 6.42 Å². The zero-order chi connectivity index (χ0) is 12.3. The van der Waals surface area contributed by atoms with Crippen molar-refractivity contribution in [3.8, 4) is 0 Å². The smallest absolute Gasteiger partial charge is 0.123 e. The van der Waals surface area contributed by atoms with Gasteiger partial charge in [-0.3, -0.25) is 0 Å². The second kappa shape index (κ2) is 5.61. The van der Waals surface area contributed by atoms with Gasteiger partial charge in [-0.2, -0.15) is 0 Å². The molecule has 1 N–H and O–H groups in total. The van der Waals surface area contributed by atoms with E-state index in [2.05, 4.69) is 24.5 Å². The molecule has 0 saturated carbocycles. The molecule has 0 radical (unpaired) electrons. The fourth-order valence-corrected chi connectivity index (χ4v) is 2.84. The first kappa shape index (κ1) is 12.5. The Bertz CT molecular complexity index is 490. The first-order chi connectivity index (χ1) is 8.16. The summed E-state index contributed by atoms with van der Waals surface area (Å²) >= 11 is 1.69. The van der Waals surface area contributed by atoms with Crippen molar-refractivity contribution in [2.24, 2.45) is 5.92 Å². The number of benzene rings is 1. The van der Waals surface area contributed by atoms with Gasteiger partial charge < -0.3 is 5.32 Å². The molecule has 17 heavy (non-hydrogen) atoms. The summed E-state index contributed by atoms with van der Waals surface area (Å²) < 4.78 is 14.3. The van der Waals surface area contributed by atoms with Crippen LogP contribution in [0.3, 0.4) is 0 Å². The molecule has 0 aliphatic rings. The molecule has 0 fully saturated rings. The molecule has 0 bridgehead atoms. The summed E-state index contributed by atoms with van der Waals surface area (Å²) in [6.45, 7) is 6.39. The van der Waals surface area contributed by atoms with Crippen LogP contribution in [0.4, 0.5) is 4.39 Å². The number of halogens is 1. The van der Waals surface area contributed by atoms with Crippen molar-refractivity contribution < 1.29 is 4.39 Å². The zero-order valence-electron chi connectivity index (χ0n) is 10.3. The van der Waals surface area contributed by atoms with E-state index in [-0.39, 0.29) is 5.82 Å². The van der Waals surface area contributed by atoms with Gasteiger partial charge in [-0.1, -0.05) is 13.8 Å². The largest absolute Gasteiger partial charge is 0.316 e. The number of rotatable bonds is 5. The lowest BCUT2D eigenvalue weighted by molar-refractivity contribution is 0.555. The van der Waals surface area contributed by atoms with Crippen molar-refractivity contribution in [1.82, 2.24) is 5.32 Å². The Hall–Kier alpha value is -0.930. The minimum Gasteiger partial charge on any atom is -0.316 e. The van der Waals surface area contributed by atoms with Gasteiger partial charge in [0.05, 0.1) is 0 Å². The van der Waals surface area contributed by atoms with Crippen molar-refractivity contribution in [1.29, 1.82) is 0 Å². The lowest BCUT2D eigenvalue weighted by atomic mass is 10.1. The highest BCUT2D eigenvalue weighted by atomic mass is 32.1. The van der Waals surface area contributed by atoms with E-state index in [0.717, 1.165) is 24.9 Å². The molecule has 0 saturated heterocycles. The van der Waals surface area contributed by atoms with Gasteiger partial charge in [-0.15, -0.1) is 11.3 Å². The van der Waals surface area contributed by atoms with E-state index in [4.69, 9.17) is 0 Å². The standard InChI is InChI=1S/C14H18FNS/c1-10(2)8-16-6-5-11-9-17-14-4-3-12(15)7-13(11)14/h3-4,7,9-10,16H,5-6,8H2,1-2H3. The number of hydrogen-bond donors (Lipinski definition) is 1. The zero-order valence-corrected chi connectivity index (χ0v) is 11.1. The lowest BCUT2D eigenvalue weighted by Gasteiger charge is -2.06. The number of fused-ring (bicyclic) bond motifs is 1. The lowest BCUT2D eigenvalue weighted by Crippen LogP contribution is -2.21. The second-order valence-electron chi connectivity index (χ2n) is 4.75. The molecule has 0 aliphatic carbocycles. The third-order valence-corrected chi connectivity index (χ3v) is 3.75. The molecule has 0 atom stereocenters. The minimum absolute atomic E-state index is 0.146. The van der Waals surface area contributed by atoms with E-state index in [9.17, 15) is 4.39 Å². The summed E-state index contributed by atoms with van der Waals surface area (Å²) in [5.41, 5.74) is 1.25. The molecule has 0 amide bonds. The molecule has 2 rings (SSSR count). The van der Waals surface area contributed by atoms with Crippen LogP contribution in [0.5, 0.6) is 0 Å². The van der Waals surface area contributed by atoms with Crippen molar-refractivity contribution in [3.63, 3.8) is 0 Å². The first-order valence-corrected chi connectivity index (χ1v) is 6.91. The predicted molar refractivity (Wildman–Crippen MR) is 73.2 cm³/mol. The summed E-state index contributed by atoms with van der Waals surface area (Å²) in [4.78, 5) is 0. The van der Waals surface area contributed by atoms with Crippen molar-refractivity contribution in [3.05, 3.63) is 35.0 Å². The van der Waals surface area contributed by atoms with E-state index in [1.165, 1.54) is 16.3 Å². The van der Waals surface area contributed by atoms with Gasteiger partial charge in [0.25, 0.3) is 0 Å². The molecule has 3 heteroatoms. The van der Waals surface area contributed by atoms with E-state index in [1.807, 2.05) is 6.07 Å². The van der Waals surface area contributed by atoms with Gasteiger partial charge in [0.2, 0.25) is 0 Å². The van der Waals surface area contributed by atoms with Crippen LogP contribution in [0.2, 0.25) is 0 Å². The third kappa shape index (κ3) is 3.27. The predicted octanol–water partition coefficient (Wildman–Crippen LogP) is 3.83. The van der Waals surface area contributed by atoms with Crippen LogP contribution >= 0.6 is 11.3 Å². The molecular weight excluding hydrogens is 233 g/mol. The normalized spacial score (nSPS) is 11.5. The summed E-state index contributed by atoms with van der Waals surface area (Å²) in [5, 5.41) is 6.62. The molecule has 0 aliphatic heterocycles. The van der Waals surface area contributed by atoms with E-state index in [1.54, 1.807) is 17.4 Å². The van der Waals surface area contributed by atoms with Crippen LogP contribution in [-0.4, -0.2) is 13.1 Å². The highest BCUT2D eigenvalue weighted by Gasteiger charge is 2.05. The summed E-state index contributed by atoms with van der Waals surface area (Å²) in [6.07, 6.45) is 0.968. The third-order valence-electron chi connectivity index (χ3n) is 2.74. The first-order valence-electron chi connectivity index (χ1n) is 6.03. The Morgan fingerprint density at radius 1 is 1.35 bits per heavy atom. The van der Waals surface area contributed by atoms with Gasteiger partial charge in [0.1, 0.15) is 5.82 Å². The Labute approximate surface area is 106 Å². The van der Waals surface area contributed by atoms with Gasteiger partial charge in [-0.05, 0) is 60.0 Å². The quantitative estimate of drug-likeness (QED) is 0.796. The molecule has 1 nitrogen and oxygen atoms in total. The van der Waals surface area contributed by atoms with Crippen LogP contribution in [0, 0.1) is 11.7 Å². The van der Waals surface area contributed by atoms with Crippen molar-refractivity contribution in [2.75, 3.05) is 13.1 Å². The Morgan fingerprint density at radius 2 is 2.18 bits per heavy atom. The van der Waals surface area contributed by atoms with E-state index in [0.29, 0.717) is 5.92 Å². The van der Waals surface area contributed by atoms with E-state index < -0.39 is 0 Å². The molecule has 2 aromatic rings. The Morgan fingerprint density at radius 3 is 2.94 bits per heavy atom. The van der Waals surface area contributed by atoms with Crippen LogP contribution in [0.15, 0.2) is 23.6 Å². The SMILES string of the molecule is CC(C)CNCCc1csc2ccc(F)cc12. The van der Waals surface area contributed by atoms with Crippen LogP contribution in [0.1, 0.15) is 19.4 Å². The summed E-state index contributed by atoms with van der Waals surface area (Å²) in [5.74, 6) is 0.527. The van der Waals surface area contributed by atoms with E-state index >= 15 is 0 Å². The van der Waals surface area contributed by atoms with Crippen LogP contribution in [0.25, 0.3) is 10.1 Å². The van der Waals surface area contributed by atoms with Gasteiger partial charge in [-0.25, -0.2) is 4.39 Å². The minimum atomic E-state index is -0.146. The van der Waals surface area contributed by atoms with Gasteiger partial charge in [0.15, 0.2) is 0 Å². The Kier molecular flexibility index (Phi) is 4.13. The topological polar surface area (TPSA) is 12.0 Å². The number of nitrogens with one attached hydrogen (secondary N) is 1. The molecular formula is C14H18FNS.